The maximum absolute atomic E-state index is 12.0. The number of rotatable bonds is 2. The number of nitrogens with zero attached hydrogens (tertiary/aromatic N) is 4. The molecule has 1 amide bonds. The molecule has 5 rings (SSSR count). The topological polar surface area (TPSA) is 107 Å². The second kappa shape index (κ2) is 7.38. The van der Waals surface area contributed by atoms with Gasteiger partial charge >= 0.3 is 0 Å². The number of aliphatic imine (C=N–C) groups is 1. The second-order valence-corrected chi connectivity index (χ2v) is 8.81. The number of thioether (sulfide) groups is 1. The van der Waals surface area contributed by atoms with Crippen LogP contribution in [0.4, 0.5) is 5.69 Å². The maximum Gasteiger partial charge on any atom is 0.269 e. The van der Waals surface area contributed by atoms with Gasteiger partial charge in [0.1, 0.15) is 0 Å². The van der Waals surface area contributed by atoms with Crippen LogP contribution >= 0.6 is 11.8 Å². The number of hydrazone groups is 1. The first-order valence-electron chi connectivity index (χ1n) is 9.75. The number of nitro groups is 1. The SMILES string of the molecule is CC1SC(N2N=C(c3ccc([N+](=O)[O-])cc3)c3cc4c(cc3CC2C)OCO4)=NC1=O. The van der Waals surface area contributed by atoms with E-state index in [1.54, 1.807) is 17.1 Å². The van der Waals surface area contributed by atoms with Gasteiger partial charge in [0.05, 0.1) is 21.9 Å². The molecular weight excluding hydrogens is 420 g/mol. The Morgan fingerprint density at radius 3 is 2.52 bits per heavy atom. The zero-order valence-electron chi connectivity index (χ0n) is 16.8. The number of amides is 1. The summed E-state index contributed by atoms with van der Waals surface area (Å²) in [6.45, 7) is 4.01. The molecule has 3 aliphatic rings. The van der Waals surface area contributed by atoms with E-state index >= 15 is 0 Å². The van der Waals surface area contributed by atoms with Crippen molar-refractivity contribution in [2.75, 3.05) is 6.79 Å². The number of nitro benzene ring substituents is 1. The number of amidine groups is 1. The third-order valence-corrected chi connectivity index (χ3v) is 6.42. The van der Waals surface area contributed by atoms with Gasteiger partial charge in [-0.2, -0.15) is 10.1 Å². The maximum atomic E-state index is 12.0. The number of fused-ring (bicyclic) bond motifs is 2. The van der Waals surface area contributed by atoms with Crippen molar-refractivity contribution in [2.45, 2.75) is 31.6 Å². The molecule has 2 aromatic carbocycles. The molecule has 2 aromatic rings. The molecule has 0 saturated carbocycles. The number of hydrogen-bond acceptors (Lipinski definition) is 8. The van der Waals surface area contributed by atoms with Gasteiger partial charge in [0, 0.05) is 23.3 Å². The molecule has 2 unspecified atom stereocenters. The summed E-state index contributed by atoms with van der Waals surface area (Å²) >= 11 is 1.38. The van der Waals surface area contributed by atoms with Crippen molar-refractivity contribution in [3.63, 3.8) is 0 Å². The summed E-state index contributed by atoms with van der Waals surface area (Å²) in [5.41, 5.74) is 3.22. The predicted octanol–water partition coefficient (Wildman–Crippen LogP) is 3.34. The van der Waals surface area contributed by atoms with Crippen molar-refractivity contribution >= 4 is 34.2 Å². The fourth-order valence-electron chi connectivity index (χ4n) is 3.75. The van der Waals surface area contributed by atoms with Gasteiger partial charge in [0.2, 0.25) is 6.79 Å². The smallest absolute Gasteiger partial charge is 0.269 e. The Balaban J connectivity index is 1.66. The van der Waals surface area contributed by atoms with Crippen molar-refractivity contribution in [1.82, 2.24) is 5.01 Å². The monoisotopic (exact) mass is 438 g/mol. The number of carbonyl (C=O) groups excluding carboxylic acids is 1. The second-order valence-electron chi connectivity index (χ2n) is 7.51. The van der Waals surface area contributed by atoms with Gasteiger partial charge in [-0.1, -0.05) is 11.8 Å². The lowest BCUT2D eigenvalue weighted by molar-refractivity contribution is -0.384. The summed E-state index contributed by atoms with van der Waals surface area (Å²) in [6, 6.07) is 10.0. The van der Waals surface area contributed by atoms with Gasteiger partial charge in [-0.15, -0.1) is 0 Å². The molecule has 31 heavy (non-hydrogen) atoms. The van der Waals surface area contributed by atoms with Crippen LogP contribution in [0, 0.1) is 10.1 Å². The molecule has 3 aliphatic heterocycles. The first-order valence-corrected chi connectivity index (χ1v) is 10.6. The lowest BCUT2D eigenvalue weighted by Gasteiger charge is -2.24. The molecule has 3 heterocycles. The molecular formula is C21H18N4O5S. The fourth-order valence-corrected chi connectivity index (χ4v) is 4.69. The van der Waals surface area contributed by atoms with E-state index < -0.39 is 4.92 Å². The third-order valence-electron chi connectivity index (χ3n) is 5.38. The Kier molecular flexibility index (Phi) is 4.66. The number of ether oxygens (including phenoxy) is 2. The Morgan fingerprint density at radius 1 is 1.16 bits per heavy atom. The third kappa shape index (κ3) is 3.42. The summed E-state index contributed by atoms with van der Waals surface area (Å²) in [7, 11) is 0. The van der Waals surface area contributed by atoms with E-state index in [1.807, 2.05) is 26.0 Å². The average Bonchev–Trinajstić information content (AvgIpc) is 3.30. The van der Waals surface area contributed by atoms with E-state index in [-0.39, 0.29) is 29.7 Å². The molecule has 0 aromatic heterocycles. The molecule has 0 aliphatic carbocycles. The van der Waals surface area contributed by atoms with Crippen LogP contribution in [0.3, 0.4) is 0 Å². The van der Waals surface area contributed by atoms with Gasteiger partial charge in [0.25, 0.3) is 11.6 Å². The van der Waals surface area contributed by atoms with Gasteiger partial charge in [0.15, 0.2) is 16.7 Å². The Bertz CT molecular complexity index is 1160. The average molecular weight is 438 g/mol. The molecule has 0 N–H and O–H groups in total. The van der Waals surface area contributed by atoms with E-state index in [0.717, 1.165) is 11.1 Å². The lowest BCUT2D eigenvalue weighted by Crippen LogP contribution is -2.33. The molecule has 2 atom stereocenters. The first-order chi connectivity index (χ1) is 14.9. The van der Waals surface area contributed by atoms with Crippen molar-refractivity contribution in [2.24, 2.45) is 10.1 Å². The fraction of sp³-hybridized carbons (Fsp3) is 0.286. The summed E-state index contributed by atoms with van der Waals surface area (Å²) in [5, 5.41) is 18.1. The molecule has 158 valence electrons. The minimum Gasteiger partial charge on any atom is -0.454 e. The highest BCUT2D eigenvalue weighted by Crippen LogP contribution is 2.38. The standard InChI is InChI=1S/C21H18N4O5S/c1-11-7-14-8-17-18(30-10-29-17)9-16(14)19(13-3-5-15(6-4-13)25(27)28)23-24(11)21-22-20(26)12(2)31-21/h3-6,8-9,11-12H,7,10H2,1-2H3. The normalized spacial score (nSPS) is 22.0. The van der Waals surface area contributed by atoms with Crippen molar-refractivity contribution in [3.05, 3.63) is 63.2 Å². The van der Waals surface area contributed by atoms with Crippen molar-refractivity contribution in [3.8, 4) is 11.5 Å². The van der Waals surface area contributed by atoms with Crippen LogP contribution in [0.2, 0.25) is 0 Å². The van der Waals surface area contributed by atoms with Gasteiger partial charge in [-0.3, -0.25) is 14.9 Å². The van der Waals surface area contributed by atoms with Gasteiger partial charge in [-0.05, 0) is 50.1 Å². The van der Waals surface area contributed by atoms with E-state index in [1.165, 1.54) is 23.9 Å². The predicted molar refractivity (Wildman–Crippen MR) is 116 cm³/mol. The summed E-state index contributed by atoms with van der Waals surface area (Å²) in [4.78, 5) is 26.9. The van der Waals surface area contributed by atoms with Gasteiger partial charge < -0.3 is 9.47 Å². The minimum absolute atomic E-state index is 0.00394. The highest BCUT2D eigenvalue weighted by atomic mass is 32.2. The van der Waals surface area contributed by atoms with Crippen LogP contribution in [-0.2, 0) is 11.2 Å². The van der Waals surface area contributed by atoms with Crippen LogP contribution in [0.25, 0.3) is 0 Å². The molecule has 0 bridgehead atoms. The lowest BCUT2D eigenvalue weighted by atomic mass is 9.94. The highest BCUT2D eigenvalue weighted by Gasteiger charge is 2.34. The minimum atomic E-state index is -0.435. The Morgan fingerprint density at radius 2 is 1.87 bits per heavy atom. The number of benzene rings is 2. The number of non-ortho nitro benzene ring substituents is 1. The van der Waals surface area contributed by atoms with Crippen LogP contribution in [-0.4, -0.2) is 44.8 Å². The molecule has 0 spiro atoms. The first kappa shape index (κ1) is 19.6. The molecule has 0 saturated heterocycles. The van der Waals surface area contributed by atoms with Crippen molar-refractivity contribution < 1.29 is 19.2 Å². The van der Waals surface area contributed by atoms with Crippen LogP contribution in [0.5, 0.6) is 11.5 Å². The van der Waals surface area contributed by atoms with E-state index in [9.17, 15) is 14.9 Å². The van der Waals surface area contributed by atoms with Crippen LogP contribution < -0.4 is 9.47 Å². The highest BCUT2D eigenvalue weighted by molar-refractivity contribution is 8.15. The molecule has 9 nitrogen and oxygen atoms in total. The van der Waals surface area contributed by atoms with Crippen LogP contribution in [0.15, 0.2) is 46.5 Å². The van der Waals surface area contributed by atoms with E-state index in [2.05, 4.69) is 4.99 Å². The zero-order valence-corrected chi connectivity index (χ0v) is 17.6. The summed E-state index contributed by atoms with van der Waals surface area (Å²) < 4.78 is 11.1. The molecule has 0 radical (unpaired) electrons. The quantitative estimate of drug-likeness (QED) is 0.523. The zero-order chi connectivity index (χ0) is 21.7. The summed E-state index contributed by atoms with van der Waals surface area (Å²) in [5.74, 6) is 1.13. The van der Waals surface area contributed by atoms with Gasteiger partial charge in [-0.25, -0.2) is 5.01 Å². The Hall–Kier alpha value is -3.40. The number of hydrogen-bond donors (Lipinski definition) is 0. The Labute approximate surface area is 181 Å². The van der Waals surface area contributed by atoms with Crippen molar-refractivity contribution in [1.29, 1.82) is 0 Å². The van der Waals surface area contributed by atoms with E-state index in [0.29, 0.717) is 34.4 Å². The van der Waals surface area contributed by atoms with E-state index in [4.69, 9.17) is 14.6 Å². The largest absolute Gasteiger partial charge is 0.454 e. The van der Waals surface area contributed by atoms with Crippen LogP contribution in [0.1, 0.15) is 30.5 Å². The molecule has 10 heteroatoms. The molecule has 0 fully saturated rings. The number of carbonyl (C=O) groups is 1. The summed E-state index contributed by atoms with van der Waals surface area (Å²) in [6.07, 6.45) is 0.647.